The Morgan fingerprint density at radius 1 is 1.70 bits per heavy atom. The van der Waals surface area contributed by atoms with Gasteiger partial charge in [-0.25, -0.2) is 0 Å². The second-order valence-corrected chi connectivity index (χ2v) is 2.60. The lowest BCUT2D eigenvalue weighted by Crippen LogP contribution is -2.43. The molecule has 0 saturated carbocycles. The lowest BCUT2D eigenvalue weighted by molar-refractivity contribution is -0.143. The highest BCUT2D eigenvalue weighted by atomic mass is 16.3. The van der Waals surface area contributed by atoms with Gasteiger partial charge in [0, 0.05) is 7.05 Å². The Labute approximate surface area is 61.0 Å². The van der Waals surface area contributed by atoms with E-state index in [1.54, 1.807) is 0 Å². The Balaban J connectivity index is 4.21. The first-order valence-electron chi connectivity index (χ1n) is 3.02. The van der Waals surface area contributed by atoms with Gasteiger partial charge in [0.15, 0.2) is 0 Å². The Kier molecular flexibility index (Phi) is 2.60. The molecule has 58 valence electrons. The smallest absolute Gasteiger partial charge is 0.247 e. The van der Waals surface area contributed by atoms with Crippen LogP contribution in [-0.4, -0.2) is 28.7 Å². The van der Waals surface area contributed by atoms with E-state index in [0.29, 0.717) is 0 Å². The third-order valence-corrected chi connectivity index (χ3v) is 1.33. The molecule has 0 saturated heterocycles. The predicted octanol–water partition coefficient (Wildman–Crippen LogP) is 0.359. The second kappa shape index (κ2) is 2.84. The molecular formula is C7H13NO2. The molecule has 3 heteroatoms. The third kappa shape index (κ3) is 2.19. The Bertz CT molecular complexity index is 146. The first-order valence-corrected chi connectivity index (χ1v) is 3.02. The van der Waals surface area contributed by atoms with E-state index in [9.17, 15) is 9.90 Å². The summed E-state index contributed by atoms with van der Waals surface area (Å²) in [5.74, 6) is -0.285. The van der Waals surface area contributed by atoms with Crippen LogP contribution in [0.4, 0.5) is 0 Å². The van der Waals surface area contributed by atoms with Crippen molar-refractivity contribution < 1.29 is 9.90 Å². The summed E-state index contributed by atoms with van der Waals surface area (Å²) in [6.07, 6.45) is 1.16. The van der Waals surface area contributed by atoms with E-state index in [1.165, 1.54) is 25.8 Å². The van der Waals surface area contributed by atoms with Gasteiger partial charge in [-0.1, -0.05) is 6.58 Å². The molecule has 0 atom stereocenters. The van der Waals surface area contributed by atoms with Gasteiger partial charge in [0.1, 0.15) is 5.72 Å². The molecule has 10 heavy (non-hydrogen) atoms. The molecule has 0 aliphatic heterocycles. The minimum atomic E-state index is -1.11. The number of rotatable bonds is 2. The van der Waals surface area contributed by atoms with Crippen molar-refractivity contribution in [1.82, 2.24) is 4.90 Å². The van der Waals surface area contributed by atoms with Crippen LogP contribution in [0.2, 0.25) is 0 Å². The topological polar surface area (TPSA) is 40.5 Å². The van der Waals surface area contributed by atoms with Crippen molar-refractivity contribution >= 4 is 5.91 Å². The first kappa shape index (κ1) is 9.17. The number of amides is 1. The van der Waals surface area contributed by atoms with Gasteiger partial charge in [-0.3, -0.25) is 4.79 Å². The molecule has 0 heterocycles. The van der Waals surface area contributed by atoms with E-state index < -0.39 is 5.72 Å². The zero-order chi connectivity index (χ0) is 8.36. The molecule has 0 aliphatic carbocycles. The number of hydrogen-bond acceptors (Lipinski definition) is 2. The minimum Gasteiger partial charge on any atom is -0.371 e. The molecule has 0 aromatic rings. The van der Waals surface area contributed by atoms with Crippen LogP contribution < -0.4 is 0 Å². The van der Waals surface area contributed by atoms with Gasteiger partial charge in [-0.15, -0.1) is 0 Å². The Morgan fingerprint density at radius 2 is 2.10 bits per heavy atom. The van der Waals surface area contributed by atoms with Gasteiger partial charge in [0.05, 0.1) is 0 Å². The maximum Gasteiger partial charge on any atom is 0.247 e. The highest BCUT2D eigenvalue weighted by Crippen LogP contribution is 2.06. The minimum absolute atomic E-state index is 0.285. The number of nitrogens with zero attached hydrogens (tertiary/aromatic N) is 1. The fourth-order valence-electron chi connectivity index (χ4n) is 0.407. The highest BCUT2D eigenvalue weighted by Gasteiger charge is 2.21. The van der Waals surface area contributed by atoms with E-state index in [2.05, 4.69) is 6.58 Å². The van der Waals surface area contributed by atoms with E-state index in [-0.39, 0.29) is 5.91 Å². The fourth-order valence-corrected chi connectivity index (χ4v) is 0.407. The van der Waals surface area contributed by atoms with Crippen LogP contribution in [-0.2, 0) is 4.79 Å². The zero-order valence-electron chi connectivity index (χ0n) is 6.59. The Hall–Kier alpha value is -0.830. The summed E-state index contributed by atoms with van der Waals surface area (Å²) in [4.78, 5) is 12.0. The lowest BCUT2D eigenvalue weighted by Gasteiger charge is -2.29. The third-order valence-electron chi connectivity index (χ3n) is 1.33. The summed E-state index contributed by atoms with van der Waals surface area (Å²) in [6, 6.07) is 0. The van der Waals surface area contributed by atoms with Crippen molar-refractivity contribution in [3.8, 4) is 0 Å². The van der Waals surface area contributed by atoms with E-state index >= 15 is 0 Å². The average Bonchev–Trinajstić information content (AvgIpc) is 1.83. The van der Waals surface area contributed by atoms with Crippen molar-refractivity contribution in [3.63, 3.8) is 0 Å². The van der Waals surface area contributed by atoms with Gasteiger partial charge in [-0.05, 0) is 19.9 Å². The van der Waals surface area contributed by atoms with Crippen molar-refractivity contribution in [2.75, 3.05) is 7.05 Å². The number of carbonyl (C=O) groups excluding carboxylic acids is 1. The SMILES string of the molecule is C=CC(=O)N(C)C(C)(C)O. The number of carbonyl (C=O) groups is 1. The molecule has 0 rings (SSSR count). The van der Waals surface area contributed by atoms with Crippen LogP contribution in [0, 0.1) is 0 Å². The van der Waals surface area contributed by atoms with Crippen LogP contribution in [0.5, 0.6) is 0 Å². The average molecular weight is 143 g/mol. The molecule has 3 nitrogen and oxygen atoms in total. The first-order chi connectivity index (χ1) is 4.39. The lowest BCUT2D eigenvalue weighted by atomic mass is 10.2. The quantitative estimate of drug-likeness (QED) is 0.448. The zero-order valence-corrected chi connectivity index (χ0v) is 6.59. The molecule has 0 bridgehead atoms. The van der Waals surface area contributed by atoms with E-state index in [1.807, 2.05) is 0 Å². The van der Waals surface area contributed by atoms with Crippen LogP contribution in [0.15, 0.2) is 12.7 Å². The number of likely N-dealkylation sites (N-methyl/N-ethyl adjacent to an activating group) is 1. The van der Waals surface area contributed by atoms with Gasteiger partial charge >= 0.3 is 0 Å². The molecule has 0 aromatic carbocycles. The number of aliphatic hydroxyl groups is 1. The molecule has 1 amide bonds. The maximum atomic E-state index is 10.8. The van der Waals surface area contributed by atoms with E-state index in [4.69, 9.17) is 0 Å². The molecule has 0 spiro atoms. The van der Waals surface area contributed by atoms with Crippen LogP contribution in [0.25, 0.3) is 0 Å². The van der Waals surface area contributed by atoms with Crippen LogP contribution in [0.1, 0.15) is 13.8 Å². The van der Waals surface area contributed by atoms with Gasteiger partial charge in [-0.2, -0.15) is 0 Å². The molecule has 0 aromatic heterocycles. The van der Waals surface area contributed by atoms with Crippen molar-refractivity contribution in [1.29, 1.82) is 0 Å². The van der Waals surface area contributed by atoms with Gasteiger partial charge in [0.2, 0.25) is 5.91 Å². The maximum absolute atomic E-state index is 10.8. The monoisotopic (exact) mass is 143 g/mol. The highest BCUT2D eigenvalue weighted by molar-refractivity contribution is 5.87. The standard InChI is InChI=1S/C7H13NO2/c1-5-6(9)8(4)7(2,3)10/h5,10H,1H2,2-4H3. The summed E-state index contributed by atoms with van der Waals surface area (Å²) in [5.41, 5.74) is -1.11. The summed E-state index contributed by atoms with van der Waals surface area (Å²) in [5, 5.41) is 9.25. The van der Waals surface area contributed by atoms with Crippen LogP contribution in [0.3, 0.4) is 0 Å². The largest absolute Gasteiger partial charge is 0.371 e. The Morgan fingerprint density at radius 3 is 2.20 bits per heavy atom. The number of hydrogen-bond donors (Lipinski definition) is 1. The molecule has 0 radical (unpaired) electrons. The molecule has 1 N–H and O–H groups in total. The van der Waals surface area contributed by atoms with Crippen molar-refractivity contribution in [2.24, 2.45) is 0 Å². The summed E-state index contributed by atoms with van der Waals surface area (Å²) >= 11 is 0. The van der Waals surface area contributed by atoms with Gasteiger partial charge < -0.3 is 10.0 Å². The molecule has 0 fully saturated rings. The van der Waals surface area contributed by atoms with Crippen LogP contribution >= 0.6 is 0 Å². The normalized spacial score (nSPS) is 10.8. The van der Waals surface area contributed by atoms with E-state index in [0.717, 1.165) is 6.08 Å². The molecule has 0 unspecified atom stereocenters. The van der Waals surface area contributed by atoms with Crippen molar-refractivity contribution in [3.05, 3.63) is 12.7 Å². The summed E-state index contributed by atoms with van der Waals surface area (Å²) < 4.78 is 0. The molecular weight excluding hydrogens is 130 g/mol. The summed E-state index contributed by atoms with van der Waals surface area (Å²) in [7, 11) is 1.52. The van der Waals surface area contributed by atoms with Crippen molar-refractivity contribution in [2.45, 2.75) is 19.6 Å². The second-order valence-electron chi connectivity index (χ2n) is 2.60. The van der Waals surface area contributed by atoms with Gasteiger partial charge in [0.25, 0.3) is 0 Å². The summed E-state index contributed by atoms with van der Waals surface area (Å²) in [6.45, 7) is 6.37. The molecule has 0 aliphatic rings. The fraction of sp³-hybridized carbons (Fsp3) is 0.571. The predicted molar refractivity (Wildman–Crippen MR) is 39.3 cm³/mol.